The fourth-order valence-electron chi connectivity index (χ4n) is 11.1. The van der Waals surface area contributed by atoms with Crippen LogP contribution in [-0.4, -0.2) is 12.1 Å². The summed E-state index contributed by atoms with van der Waals surface area (Å²) in [5.74, 6) is 6.41. The number of carbonyl (C=O) groups is 1. The van der Waals surface area contributed by atoms with Crippen molar-refractivity contribution in [1.29, 1.82) is 0 Å². The van der Waals surface area contributed by atoms with Crippen LogP contribution in [0.15, 0.2) is 0 Å². The van der Waals surface area contributed by atoms with Gasteiger partial charge in [0.15, 0.2) is 0 Å². The average Bonchev–Trinajstić information content (AvgIpc) is 2.76. The molecule has 2 heteroatoms. The van der Waals surface area contributed by atoms with Crippen molar-refractivity contribution in [3.05, 3.63) is 0 Å². The summed E-state index contributed by atoms with van der Waals surface area (Å²) in [5, 5.41) is 0. The SMILES string of the molecule is CC1C2(OC=O)CCC3C4CCC5CCCCC5C4CCC3C2C(C)(C)C(C)(C)C1(C)C. The van der Waals surface area contributed by atoms with Gasteiger partial charge in [-0.3, -0.25) is 4.79 Å². The van der Waals surface area contributed by atoms with Crippen molar-refractivity contribution in [2.45, 2.75) is 118 Å². The highest BCUT2D eigenvalue weighted by atomic mass is 16.5. The molecule has 0 aliphatic heterocycles. The number of hydrogen-bond donors (Lipinski definition) is 0. The summed E-state index contributed by atoms with van der Waals surface area (Å²) in [6.45, 7) is 18.2. The van der Waals surface area contributed by atoms with E-state index in [2.05, 4.69) is 48.5 Å². The Hall–Kier alpha value is -0.530. The molecule has 0 radical (unpaired) electrons. The van der Waals surface area contributed by atoms with Crippen molar-refractivity contribution in [2.75, 3.05) is 0 Å². The molecule has 0 N–H and O–H groups in total. The normalized spacial score (nSPS) is 50.7. The zero-order valence-electron chi connectivity index (χ0n) is 22.1. The van der Waals surface area contributed by atoms with E-state index in [-0.39, 0.29) is 21.8 Å². The van der Waals surface area contributed by atoms with Gasteiger partial charge in [0.05, 0.1) is 0 Å². The first-order valence-electron chi connectivity index (χ1n) is 14.1. The smallest absolute Gasteiger partial charge is 0.293 e. The Morgan fingerprint density at radius 1 is 0.688 bits per heavy atom. The van der Waals surface area contributed by atoms with Crippen LogP contribution in [0.4, 0.5) is 0 Å². The Labute approximate surface area is 198 Å². The second kappa shape index (κ2) is 7.48. The van der Waals surface area contributed by atoms with Crippen LogP contribution in [0.3, 0.4) is 0 Å². The minimum absolute atomic E-state index is 0.111. The third-order valence-corrected chi connectivity index (χ3v) is 13.8. The zero-order valence-corrected chi connectivity index (χ0v) is 22.1. The second-order valence-corrected chi connectivity index (χ2v) is 14.5. The molecular formula is C30H50O2. The summed E-state index contributed by atoms with van der Waals surface area (Å²) >= 11 is 0. The van der Waals surface area contributed by atoms with Gasteiger partial charge in [0, 0.05) is 11.8 Å². The van der Waals surface area contributed by atoms with E-state index >= 15 is 0 Å². The Bertz CT molecular complexity index is 735. The molecule has 5 saturated carbocycles. The first-order valence-corrected chi connectivity index (χ1v) is 14.1. The van der Waals surface area contributed by atoms with Crippen LogP contribution in [-0.2, 0) is 9.53 Å². The summed E-state index contributed by atoms with van der Waals surface area (Å²) < 4.78 is 6.34. The molecule has 0 amide bonds. The van der Waals surface area contributed by atoms with Crippen molar-refractivity contribution >= 4 is 6.47 Å². The van der Waals surface area contributed by atoms with Crippen molar-refractivity contribution < 1.29 is 9.53 Å². The second-order valence-electron chi connectivity index (χ2n) is 14.5. The third kappa shape index (κ3) is 2.79. The predicted molar refractivity (Wildman–Crippen MR) is 131 cm³/mol. The first kappa shape index (κ1) is 23.2. The van der Waals surface area contributed by atoms with Crippen LogP contribution < -0.4 is 0 Å². The number of carbonyl (C=O) groups excluding carboxylic acids is 1. The summed E-state index contributed by atoms with van der Waals surface area (Å²) in [7, 11) is 0. The van der Waals surface area contributed by atoms with Gasteiger partial charge in [0.1, 0.15) is 5.60 Å². The van der Waals surface area contributed by atoms with Gasteiger partial charge in [0.2, 0.25) is 0 Å². The fraction of sp³-hybridized carbons (Fsp3) is 0.967. The van der Waals surface area contributed by atoms with Crippen molar-refractivity contribution in [1.82, 2.24) is 0 Å². The Kier molecular flexibility index (Phi) is 5.43. The maximum Gasteiger partial charge on any atom is 0.293 e. The lowest BCUT2D eigenvalue weighted by molar-refractivity contribution is -0.292. The Balaban J connectivity index is 1.54. The standard InChI is InChI=1S/C30H50O2/c1-19-27(2,3)29(6,7)28(4,5)26-25-15-14-22-21-11-9-8-10-20(21)12-13-23(22)24(25)16-17-30(19,26)32-18-31/h18-26H,8-17H2,1-7H3. The third-order valence-electron chi connectivity index (χ3n) is 13.8. The van der Waals surface area contributed by atoms with Gasteiger partial charge < -0.3 is 4.74 Å². The molecule has 0 aromatic rings. The van der Waals surface area contributed by atoms with E-state index in [0.29, 0.717) is 11.8 Å². The molecule has 2 nitrogen and oxygen atoms in total. The van der Waals surface area contributed by atoms with Crippen LogP contribution >= 0.6 is 0 Å². The van der Waals surface area contributed by atoms with Gasteiger partial charge in [0.25, 0.3) is 6.47 Å². The number of fused-ring (bicyclic) bond motifs is 7. The van der Waals surface area contributed by atoms with Gasteiger partial charge in [-0.15, -0.1) is 0 Å². The molecule has 182 valence electrons. The number of hydrogen-bond acceptors (Lipinski definition) is 2. The van der Waals surface area contributed by atoms with Crippen molar-refractivity contribution in [3.63, 3.8) is 0 Å². The fourth-order valence-corrected chi connectivity index (χ4v) is 11.1. The van der Waals surface area contributed by atoms with Crippen molar-refractivity contribution in [2.24, 2.45) is 63.6 Å². The number of ether oxygens (including phenoxy) is 1. The molecule has 0 aromatic heterocycles. The molecule has 0 aromatic carbocycles. The average molecular weight is 443 g/mol. The van der Waals surface area contributed by atoms with Crippen LogP contribution in [0.2, 0.25) is 0 Å². The van der Waals surface area contributed by atoms with Crippen LogP contribution in [0.25, 0.3) is 0 Å². The topological polar surface area (TPSA) is 26.3 Å². The van der Waals surface area contributed by atoms with Gasteiger partial charge in [-0.1, -0.05) is 67.7 Å². The lowest BCUT2D eigenvalue weighted by Crippen LogP contribution is -2.72. The highest BCUT2D eigenvalue weighted by molar-refractivity contribution is 5.40. The maximum absolute atomic E-state index is 12.0. The molecule has 9 atom stereocenters. The summed E-state index contributed by atoms with van der Waals surface area (Å²) in [4.78, 5) is 12.0. The largest absolute Gasteiger partial charge is 0.461 e. The van der Waals surface area contributed by atoms with E-state index in [0.717, 1.165) is 48.4 Å². The minimum atomic E-state index is -0.291. The molecule has 5 fully saturated rings. The molecule has 0 saturated heterocycles. The van der Waals surface area contributed by atoms with E-state index in [9.17, 15) is 4.79 Å². The lowest BCUT2D eigenvalue weighted by atomic mass is 9.33. The highest BCUT2D eigenvalue weighted by Gasteiger charge is 2.72. The summed E-state index contributed by atoms with van der Waals surface area (Å²) in [6, 6.07) is 0. The van der Waals surface area contributed by atoms with Crippen molar-refractivity contribution in [3.8, 4) is 0 Å². The number of rotatable bonds is 2. The molecule has 0 bridgehead atoms. The predicted octanol–water partition coefficient (Wildman–Crippen LogP) is 7.90. The van der Waals surface area contributed by atoms with Gasteiger partial charge in [-0.2, -0.15) is 0 Å². The zero-order chi connectivity index (χ0) is 23.1. The van der Waals surface area contributed by atoms with Crippen LogP contribution in [0.5, 0.6) is 0 Å². The van der Waals surface area contributed by atoms with E-state index in [1.807, 2.05) is 0 Å². The molecule has 9 unspecified atom stereocenters. The molecule has 32 heavy (non-hydrogen) atoms. The van der Waals surface area contributed by atoms with Crippen LogP contribution in [0.1, 0.15) is 113 Å². The highest BCUT2D eigenvalue weighted by Crippen LogP contribution is 2.73. The lowest BCUT2D eigenvalue weighted by Gasteiger charge is -2.73. The molecule has 5 aliphatic rings. The van der Waals surface area contributed by atoms with E-state index in [4.69, 9.17) is 4.74 Å². The molecule has 0 heterocycles. The van der Waals surface area contributed by atoms with E-state index in [1.54, 1.807) is 0 Å². The molecular weight excluding hydrogens is 392 g/mol. The maximum atomic E-state index is 12.0. The molecule has 0 spiro atoms. The first-order chi connectivity index (χ1) is 15.0. The van der Waals surface area contributed by atoms with E-state index < -0.39 is 0 Å². The Morgan fingerprint density at radius 3 is 2.00 bits per heavy atom. The van der Waals surface area contributed by atoms with Gasteiger partial charge in [-0.25, -0.2) is 0 Å². The monoisotopic (exact) mass is 442 g/mol. The quantitative estimate of drug-likeness (QED) is 0.406. The Morgan fingerprint density at radius 2 is 1.28 bits per heavy atom. The molecule has 5 aliphatic carbocycles. The summed E-state index contributed by atoms with van der Waals surface area (Å²) in [5.41, 5.74) is 0.129. The van der Waals surface area contributed by atoms with Gasteiger partial charge in [-0.05, 0) is 96.7 Å². The van der Waals surface area contributed by atoms with Crippen LogP contribution in [0, 0.1) is 63.6 Å². The molecule has 5 rings (SSSR count). The summed E-state index contributed by atoms with van der Waals surface area (Å²) in [6.07, 6.45) is 14.1. The van der Waals surface area contributed by atoms with E-state index in [1.165, 1.54) is 57.8 Å². The van der Waals surface area contributed by atoms with Gasteiger partial charge >= 0.3 is 0 Å². The minimum Gasteiger partial charge on any atom is -0.461 e.